The summed E-state index contributed by atoms with van der Waals surface area (Å²) in [6.45, 7) is 2.27. The molecule has 5 heteroatoms. The van der Waals surface area contributed by atoms with Crippen LogP contribution in [0.5, 0.6) is 23.0 Å². The molecular weight excluding hydrogens is 296 g/mol. The number of allylic oxidation sites excluding steroid dienone is 1. The van der Waals surface area contributed by atoms with Gasteiger partial charge in [0.05, 0.1) is 19.3 Å². The number of aromatic hydroxyl groups is 2. The van der Waals surface area contributed by atoms with Crippen LogP contribution in [0.2, 0.25) is 0 Å². The lowest BCUT2D eigenvalue weighted by atomic mass is 10.1. The minimum Gasteiger partial charge on any atom is -0.508 e. The number of methoxy groups -OCH3 is 1. The molecule has 0 spiro atoms. The van der Waals surface area contributed by atoms with Crippen LogP contribution in [0.1, 0.15) is 22.8 Å². The summed E-state index contributed by atoms with van der Waals surface area (Å²) in [6, 6.07) is 9.13. The van der Waals surface area contributed by atoms with Gasteiger partial charge >= 0.3 is 0 Å². The van der Waals surface area contributed by atoms with Gasteiger partial charge in [0.2, 0.25) is 0 Å². The van der Waals surface area contributed by atoms with E-state index in [-0.39, 0.29) is 22.8 Å². The first-order valence-electron chi connectivity index (χ1n) is 7.10. The molecule has 0 saturated heterocycles. The van der Waals surface area contributed by atoms with Crippen LogP contribution in [0.15, 0.2) is 42.5 Å². The van der Waals surface area contributed by atoms with Crippen LogP contribution in [0, 0.1) is 0 Å². The number of phenolic OH excluding ortho intramolecular Hbond substituents is 2. The van der Waals surface area contributed by atoms with E-state index in [1.165, 1.54) is 37.5 Å². The molecule has 120 valence electrons. The van der Waals surface area contributed by atoms with E-state index in [4.69, 9.17) is 9.47 Å². The number of hydrogen-bond donors (Lipinski definition) is 2. The lowest BCUT2D eigenvalue weighted by molar-refractivity contribution is 0.104. The summed E-state index contributed by atoms with van der Waals surface area (Å²) in [4.78, 5) is 12.2. The minimum atomic E-state index is -0.347. The summed E-state index contributed by atoms with van der Waals surface area (Å²) in [7, 11) is 1.48. The van der Waals surface area contributed by atoms with Gasteiger partial charge in [0.25, 0.3) is 0 Å². The molecule has 0 aliphatic rings. The van der Waals surface area contributed by atoms with Crippen molar-refractivity contribution in [2.24, 2.45) is 0 Å². The number of rotatable bonds is 6. The molecule has 0 aliphatic heterocycles. The van der Waals surface area contributed by atoms with E-state index in [9.17, 15) is 15.0 Å². The average Bonchev–Trinajstić information content (AvgIpc) is 2.54. The Balaban J connectivity index is 2.25. The van der Waals surface area contributed by atoms with Gasteiger partial charge in [-0.05, 0) is 43.3 Å². The van der Waals surface area contributed by atoms with E-state index in [0.717, 1.165) is 0 Å². The second-order valence-electron chi connectivity index (χ2n) is 4.74. The summed E-state index contributed by atoms with van der Waals surface area (Å²) in [5.74, 6) is 0.552. The van der Waals surface area contributed by atoms with Gasteiger partial charge in [0, 0.05) is 17.7 Å². The highest BCUT2D eigenvalue weighted by molar-refractivity contribution is 6.08. The summed E-state index contributed by atoms with van der Waals surface area (Å²) in [5.41, 5.74) is 0.838. The molecule has 5 nitrogen and oxygen atoms in total. The Morgan fingerprint density at radius 1 is 1.17 bits per heavy atom. The summed E-state index contributed by atoms with van der Waals surface area (Å²) >= 11 is 0. The first-order chi connectivity index (χ1) is 11.0. The Labute approximate surface area is 134 Å². The SMILES string of the molecule is CCOc1cc(O)ccc1C=CC(=O)c1ccc(OC)cc1O. The third kappa shape index (κ3) is 4.03. The van der Waals surface area contributed by atoms with Crippen molar-refractivity contribution < 1.29 is 24.5 Å². The van der Waals surface area contributed by atoms with Gasteiger partial charge in [-0.15, -0.1) is 0 Å². The zero-order valence-electron chi connectivity index (χ0n) is 12.9. The standard InChI is InChI=1S/C18H18O5/c1-3-23-18-10-13(19)6-4-12(18)5-9-16(20)15-8-7-14(22-2)11-17(15)21/h4-11,19,21H,3H2,1-2H3. The highest BCUT2D eigenvalue weighted by atomic mass is 16.5. The molecule has 23 heavy (non-hydrogen) atoms. The van der Waals surface area contributed by atoms with Crippen molar-refractivity contribution in [3.63, 3.8) is 0 Å². The molecule has 0 amide bonds. The minimum absolute atomic E-state index is 0.0877. The van der Waals surface area contributed by atoms with Gasteiger partial charge in [-0.1, -0.05) is 0 Å². The molecule has 0 saturated carbocycles. The number of ketones is 1. The highest BCUT2D eigenvalue weighted by Crippen LogP contribution is 2.27. The number of hydrogen-bond acceptors (Lipinski definition) is 5. The predicted octanol–water partition coefficient (Wildman–Crippen LogP) is 3.40. The topological polar surface area (TPSA) is 76.0 Å². The van der Waals surface area contributed by atoms with Crippen LogP contribution in [0.4, 0.5) is 0 Å². The normalized spacial score (nSPS) is 10.7. The molecule has 0 atom stereocenters. The van der Waals surface area contributed by atoms with Crippen molar-refractivity contribution in [1.82, 2.24) is 0 Å². The maximum absolute atomic E-state index is 12.2. The molecule has 0 radical (unpaired) electrons. The van der Waals surface area contributed by atoms with Crippen molar-refractivity contribution in [3.8, 4) is 23.0 Å². The van der Waals surface area contributed by atoms with Crippen molar-refractivity contribution in [2.45, 2.75) is 6.92 Å². The Kier molecular flexibility index (Phi) is 5.25. The van der Waals surface area contributed by atoms with Gasteiger partial charge in [-0.2, -0.15) is 0 Å². The third-order valence-electron chi connectivity index (χ3n) is 3.18. The molecule has 0 heterocycles. The van der Waals surface area contributed by atoms with Crippen molar-refractivity contribution in [2.75, 3.05) is 13.7 Å². The van der Waals surface area contributed by atoms with E-state index in [1.54, 1.807) is 18.2 Å². The van der Waals surface area contributed by atoms with E-state index in [2.05, 4.69) is 0 Å². The van der Waals surface area contributed by atoms with Gasteiger partial charge in [-0.3, -0.25) is 4.79 Å². The molecule has 0 aliphatic carbocycles. The van der Waals surface area contributed by atoms with Crippen LogP contribution in [0.3, 0.4) is 0 Å². The zero-order chi connectivity index (χ0) is 16.8. The fourth-order valence-electron chi connectivity index (χ4n) is 2.04. The smallest absolute Gasteiger partial charge is 0.189 e. The molecular formula is C18H18O5. The van der Waals surface area contributed by atoms with Gasteiger partial charge in [0.1, 0.15) is 23.0 Å². The maximum Gasteiger partial charge on any atom is 0.189 e. The first-order valence-corrected chi connectivity index (χ1v) is 7.10. The van der Waals surface area contributed by atoms with Crippen LogP contribution in [-0.4, -0.2) is 29.7 Å². The van der Waals surface area contributed by atoms with Gasteiger partial charge < -0.3 is 19.7 Å². The van der Waals surface area contributed by atoms with E-state index >= 15 is 0 Å². The number of carbonyl (C=O) groups excluding carboxylic acids is 1. The van der Waals surface area contributed by atoms with Crippen molar-refractivity contribution >= 4 is 11.9 Å². The molecule has 2 aromatic carbocycles. The van der Waals surface area contributed by atoms with Crippen LogP contribution in [0.25, 0.3) is 6.08 Å². The lowest BCUT2D eigenvalue weighted by Gasteiger charge is -2.07. The maximum atomic E-state index is 12.2. The van der Waals surface area contributed by atoms with Crippen LogP contribution < -0.4 is 9.47 Å². The second kappa shape index (κ2) is 7.35. The fraction of sp³-hybridized carbons (Fsp3) is 0.167. The monoisotopic (exact) mass is 314 g/mol. The second-order valence-corrected chi connectivity index (χ2v) is 4.74. The fourth-order valence-corrected chi connectivity index (χ4v) is 2.04. The molecule has 0 aromatic heterocycles. The Morgan fingerprint density at radius 2 is 1.96 bits per heavy atom. The zero-order valence-corrected chi connectivity index (χ0v) is 12.9. The highest BCUT2D eigenvalue weighted by Gasteiger charge is 2.10. The Bertz CT molecular complexity index is 734. The van der Waals surface area contributed by atoms with Gasteiger partial charge in [-0.25, -0.2) is 0 Å². The summed E-state index contributed by atoms with van der Waals surface area (Å²) in [6.07, 6.45) is 2.92. The molecule has 2 aromatic rings. The Hall–Kier alpha value is -2.95. The molecule has 2 N–H and O–H groups in total. The predicted molar refractivity (Wildman–Crippen MR) is 87.3 cm³/mol. The van der Waals surface area contributed by atoms with E-state index in [1.807, 2.05) is 6.92 Å². The number of carbonyl (C=O) groups is 1. The molecule has 2 rings (SSSR count). The first kappa shape index (κ1) is 16.4. The number of phenols is 2. The molecule has 0 fully saturated rings. The van der Waals surface area contributed by atoms with Gasteiger partial charge in [0.15, 0.2) is 5.78 Å². The van der Waals surface area contributed by atoms with E-state index < -0.39 is 0 Å². The quantitative estimate of drug-likeness (QED) is 0.631. The molecule has 0 bridgehead atoms. The number of ether oxygens (including phenoxy) is 2. The third-order valence-corrected chi connectivity index (χ3v) is 3.18. The Morgan fingerprint density at radius 3 is 2.61 bits per heavy atom. The molecule has 0 unspecified atom stereocenters. The van der Waals surface area contributed by atoms with Crippen LogP contribution in [-0.2, 0) is 0 Å². The van der Waals surface area contributed by atoms with Crippen molar-refractivity contribution in [3.05, 3.63) is 53.6 Å². The van der Waals surface area contributed by atoms with Crippen molar-refractivity contribution in [1.29, 1.82) is 0 Å². The summed E-state index contributed by atoms with van der Waals surface area (Å²) < 4.78 is 10.4. The van der Waals surface area contributed by atoms with E-state index in [0.29, 0.717) is 23.7 Å². The summed E-state index contributed by atoms with van der Waals surface area (Å²) in [5, 5.41) is 19.4. The number of benzene rings is 2. The average molecular weight is 314 g/mol. The van der Waals surface area contributed by atoms with Crippen LogP contribution >= 0.6 is 0 Å². The largest absolute Gasteiger partial charge is 0.508 e. The lowest BCUT2D eigenvalue weighted by Crippen LogP contribution is -1.97.